The minimum absolute atomic E-state index is 0.0259. The summed E-state index contributed by atoms with van der Waals surface area (Å²) in [5.41, 5.74) is 0. The zero-order chi connectivity index (χ0) is 8.10. The second-order valence-electron chi connectivity index (χ2n) is 1.82. The normalized spacial score (nSPS) is 9.36. The first kappa shape index (κ1) is 8.05. The van der Waals surface area contributed by atoms with E-state index in [0.29, 0.717) is 0 Å². The summed E-state index contributed by atoms with van der Waals surface area (Å²) in [7, 11) is 0. The van der Waals surface area contributed by atoms with Crippen LogP contribution in [0.5, 0.6) is 0 Å². The Morgan fingerprint density at radius 3 is 3.18 bits per heavy atom. The lowest BCUT2D eigenvalue weighted by Crippen LogP contribution is -2.13. The first-order chi connectivity index (χ1) is 5.34. The fourth-order valence-corrected chi connectivity index (χ4v) is 1.16. The van der Waals surface area contributed by atoms with Crippen molar-refractivity contribution in [3.05, 3.63) is 21.2 Å². The molecule has 1 aromatic heterocycles. The third-order valence-electron chi connectivity index (χ3n) is 1.06. The predicted octanol–water partition coefficient (Wildman–Crippen LogP) is 0.517. The molecule has 3 nitrogen and oxygen atoms in total. The second-order valence-corrected chi connectivity index (χ2v) is 2.68. The molecular weight excluding hydrogens is 162 g/mol. The highest BCUT2D eigenvalue weighted by molar-refractivity contribution is 7.07. The first-order valence-electron chi connectivity index (χ1n) is 2.99. The molecule has 0 radical (unpaired) electrons. The van der Waals surface area contributed by atoms with E-state index in [1.807, 2.05) is 0 Å². The van der Waals surface area contributed by atoms with Gasteiger partial charge in [-0.3, -0.25) is 9.36 Å². The molecule has 1 rings (SSSR count). The van der Waals surface area contributed by atoms with Gasteiger partial charge in [0.05, 0.1) is 0 Å². The molecule has 0 unspecified atom stereocenters. The van der Waals surface area contributed by atoms with Crippen molar-refractivity contribution in [2.75, 3.05) is 6.61 Å². The van der Waals surface area contributed by atoms with E-state index in [9.17, 15) is 4.79 Å². The van der Waals surface area contributed by atoms with Crippen LogP contribution in [0.15, 0.2) is 16.4 Å². The number of ether oxygens (including phenoxy) is 1. The summed E-state index contributed by atoms with van der Waals surface area (Å²) >= 11 is 1.14. The van der Waals surface area contributed by atoms with Crippen molar-refractivity contribution in [1.29, 1.82) is 0 Å². The molecule has 11 heavy (non-hydrogen) atoms. The lowest BCUT2D eigenvalue weighted by atomic mass is 10.7. The fraction of sp³-hybridized carbons (Fsp3) is 0.286. The second kappa shape index (κ2) is 3.96. The molecule has 0 bridgehead atoms. The Labute approximate surface area is 68.2 Å². The molecular formula is C7H7NO2S. The van der Waals surface area contributed by atoms with Gasteiger partial charge in [-0.2, -0.15) is 0 Å². The number of nitrogens with zero attached hydrogens (tertiary/aromatic N) is 1. The summed E-state index contributed by atoms with van der Waals surface area (Å²) in [6.45, 7) is 0.481. The highest BCUT2D eigenvalue weighted by Crippen LogP contribution is 1.88. The molecule has 4 heteroatoms. The van der Waals surface area contributed by atoms with Gasteiger partial charge in [-0.05, 0) is 0 Å². The third kappa shape index (κ3) is 2.22. The molecule has 0 fully saturated rings. The summed E-state index contributed by atoms with van der Waals surface area (Å²) in [5, 5.41) is 1.71. The van der Waals surface area contributed by atoms with Gasteiger partial charge in [-0.25, -0.2) is 0 Å². The molecule has 0 atom stereocenters. The molecule has 0 aliphatic rings. The summed E-state index contributed by atoms with van der Waals surface area (Å²) in [5.74, 6) is 2.32. The Bertz CT molecular complexity index is 307. The van der Waals surface area contributed by atoms with Gasteiger partial charge in [0.15, 0.2) is 0 Å². The number of hydrogen-bond acceptors (Lipinski definition) is 3. The summed E-state index contributed by atoms with van der Waals surface area (Å²) in [4.78, 5) is 10.8. The lowest BCUT2D eigenvalue weighted by Gasteiger charge is -1.98. The van der Waals surface area contributed by atoms with Gasteiger partial charge < -0.3 is 4.74 Å². The van der Waals surface area contributed by atoms with Crippen molar-refractivity contribution in [3.63, 3.8) is 0 Å². The Hall–Kier alpha value is -1.05. The van der Waals surface area contributed by atoms with Crippen LogP contribution >= 0.6 is 11.3 Å². The Morgan fingerprint density at radius 1 is 1.82 bits per heavy atom. The Balaban J connectivity index is 2.46. The number of rotatable bonds is 3. The van der Waals surface area contributed by atoms with E-state index < -0.39 is 0 Å². The molecule has 0 amide bonds. The number of thiazole rings is 1. The van der Waals surface area contributed by atoms with Crippen LogP contribution in [0.1, 0.15) is 0 Å². The zero-order valence-electron chi connectivity index (χ0n) is 5.82. The molecule has 0 saturated carbocycles. The van der Waals surface area contributed by atoms with Gasteiger partial charge in [-0.1, -0.05) is 17.3 Å². The van der Waals surface area contributed by atoms with Crippen molar-refractivity contribution in [2.24, 2.45) is 0 Å². The molecule has 0 saturated heterocycles. The Morgan fingerprint density at radius 2 is 2.64 bits per heavy atom. The van der Waals surface area contributed by atoms with Crippen LogP contribution in [0.4, 0.5) is 0 Å². The third-order valence-corrected chi connectivity index (χ3v) is 1.75. The minimum Gasteiger partial charge on any atom is -0.348 e. The van der Waals surface area contributed by atoms with Crippen molar-refractivity contribution < 1.29 is 4.74 Å². The van der Waals surface area contributed by atoms with E-state index in [1.165, 1.54) is 4.57 Å². The van der Waals surface area contributed by atoms with E-state index in [-0.39, 0.29) is 18.2 Å². The summed E-state index contributed by atoms with van der Waals surface area (Å²) in [6, 6.07) is 0. The zero-order valence-corrected chi connectivity index (χ0v) is 6.63. The van der Waals surface area contributed by atoms with Gasteiger partial charge in [-0.15, -0.1) is 6.42 Å². The van der Waals surface area contributed by atoms with Crippen LogP contribution in [0.3, 0.4) is 0 Å². The van der Waals surface area contributed by atoms with Crippen molar-refractivity contribution >= 4 is 11.3 Å². The van der Waals surface area contributed by atoms with E-state index in [2.05, 4.69) is 5.92 Å². The molecule has 0 aliphatic heterocycles. The molecule has 1 heterocycles. The van der Waals surface area contributed by atoms with Crippen molar-refractivity contribution in [3.8, 4) is 12.3 Å². The van der Waals surface area contributed by atoms with Crippen LogP contribution in [-0.2, 0) is 11.5 Å². The molecule has 0 spiro atoms. The van der Waals surface area contributed by atoms with Gasteiger partial charge in [0.25, 0.3) is 0 Å². The monoisotopic (exact) mass is 169 g/mol. The summed E-state index contributed by atoms with van der Waals surface area (Å²) in [6.07, 6.45) is 6.62. The SMILES string of the molecule is C#CCOCn1ccsc1=O. The van der Waals surface area contributed by atoms with Gasteiger partial charge >= 0.3 is 4.87 Å². The number of terminal acetylenes is 1. The largest absolute Gasteiger partial charge is 0.348 e. The van der Waals surface area contributed by atoms with Crippen molar-refractivity contribution in [1.82, 2.24) is 4.57 Å². The quantitative estimate of drug-likeness (QED) is 0.488. The maximum Gasteiger partial charge on any atom is 0.308 e. The Kier molecular flexibility index (Phi) is 2.90. The average Bonchev–Trinajstić information content (AvgIpc) is 2.37. The van der Waals surface area contributed by atoms with E-state index >= 15 is 0 Å². The topological polar surface area (TPSA) is 31.2 Å². The maximum atomic E-state index is 10.9. The maximum absolute atomic E-state index is 10.9. The van der Waals surface area contributed by atoms with Crippen LogP contribution in [0, 0.1) is 12.3 Å². The fourth-order valence-electron chi connectivity index (χ4n) is 0.589. The van der Waals surface area contributed by atoms with Gasteiger partial charge in [0.1, 0.15) is 13.3 Å². The first-order valence-corrected chi connectivity index (χ1v) is 3.87. The lowest BCUT2D eigenvalue weighted by molar-refractivity contribution is 0.103. The minimum atomic E-state index is -0.0259. The smallest absolute Gasteiger partial charge is 0.308 e. The van der Waals surface area contributed by atoms with E-state index in [1.54, 1.807) is 11.6 Å². The molecule has 0 aliphatic carbocycles. The van der Waals surface area contributed by atoms with E-state index in [4.69, 9.17) is 11.2 Å². The molecule has 1 aromatic rings. The summed E-state index contributed by atoms with van der Waals surface area (Å²) < 4.78 is 6.40. The number of hydrogen-bond donors (Lipinski definition) is 0. The van der Waals surface area contributed by atoms with Gasteiger partial charge in [0, 0.05) is 11.6 Å². The predicted molar refractivity (Wildman–Crippen MR) is 43.4 cm³/mol. The van der Waals surface area contributed by atoms with Crippen LogP contribution in [0.25, 0.3) is 0 Å². The highest BCUT2D eigenvalue weighted by Gasteiger charge is 1.93. The average molecular weight is 169 g/mol. The van der Waals surface area contributed by atoms with E-state index in [0.717, 1.165) is 11.3 Å². The molecule has 0 aromatic carbocycles. The van der Waals surface area contributed by atoms with Crippen LogP contribution < -0.4 is 4.87 Å². The highest BCUT2D eigenvalue weighted by atomic mass is 32.1. The molecule has 0 N–H and O–H groups in total. The van der Waals surface area contributed by atoms with Crippen LogP contribution in [-0.4, -0.2) is 11.2 Å². The van der Waals surface area contributed by atoms with Gasteiger partial charge in [0.2, 0.25) is 0 Å². The standard InChI is InChI=1S/C7H7NO2S/c1-2-4-10-6-8-3-5-11-7(8)9/h1,3,5H,4,6H2. The van der Waals surface area contributed by atoms with Crippen molar-refractivity contribution in [2.45, 2.75) is 6.73 Å². The number of aromatic nitrogens is 1. The molecule has 58 valence electrons. The van der Waals surface area contributed by atoms with Crippen LogP contribution in [0.2, 0.25) is 0 Å².